The minimum atomic E-state index is -0.980. The fraction of sp³-hybridized carbons (Fsp3) is 0.250. The van der Waals surface area contributed by atoms with Crippen LogP contribution in [0, 0.1) is 0 Å². The lowest BCUT2D eigenvalue weighted by Crippen LogP contribution is -2.23. The van der Waals surface area contributed by atoms with Gasteiger partial charge in [-0.3, -0.25) is 0 Å². The Labute approximate surface area is 137 Å². The lowest BCUT2D eigenvalue weighted by atomic mass is 9.95. The van der Waals surface area contributed by atoms with Crippen LogP contribution in [0.5, 0.6) is 5.75 Å². The van der Waals surface area contributed by atoms with Crippen molar-refractivity contribution in [2.45, 2.75) is 32.8 Å². The molecule has 0 aromatic heterocycles. The molecule has 2 rings (SSSR count). The van der Waals surface area contributed by atoms with Crippen molar-refractivity contribution in [2.24, 2.45) is 0 Å². The number of benzene rings is 2. The van der Waals surface area contributed by atoms with E-state index in [0.717, 1.165) is 22.4 Å². The zero-order chi connectivity index (χ0) is 17.0. The SMILES string of the molecule is C=C(Cc1cc(OC(C)(C)C)ccc1-c1ccccc1)C(=O)O. The summed E-state index contributed by atoms with van der Waals surface area (Å²) in [5, 5.41) is 9.13. The summed E-state index contributed by atoms with van der Waals surface area (Å²) in [6.07, 6.45) is 0.279. The predicted octanol–water partition coefficient (Wildman–Crippen LogP) is 4.71. The Kier molecular flexibility index (Phi) is 4.89. The summed E-state index contributed by atoms with van der Waals surface area (Å²) in [5.41, 5.74) is 2.78. The summed E-state index contributed by atoms with van der Waals surface area (Å²) in [7, 11) is 0. The van der Waals surface area contributed by atoms with Crippen molar-refractivity contribution in [3.05, 3.63) is 66.2 Å². The average molecular weight is 310 g/mol. The second-order valence-electron chi connectivity index (χ2n) is 6.48. The molecule has 0 heterocycles. The summed E-state index contributed by atoms with van der Waals surface area (Å²) >= 11 is 0. The molecule has 0 saturated carbocycles. The highest BCUT2D eigenvalue weighted by Crippen LogP contribution is 2.30. The van der Waals surface area contributed by atoms with Gasteiger partial charge in [0.1, 0.15) is 11.4 Å². The highest BCUT2D eigenvalue weighted by Gasteiger charge is 2.15. The number of rotatable bonds is 5. The van der Waals surface area contributed by atoms with Gasteiger partial charge in [0.15, 0.2) is 0 Å². The summed E-state index contributed by atoms with van der Waals surface area (Å²) in [6, 6.07) is 15.7. The van der Waals surface area contributed by atoms with E-state index in [0.29, 0.717) is 0 Å². The third-order valence-electron chi connectivity index (χ3n) is 3.29. The average Bonchev–Trinajstić information content (AvgIpc) is 2.46. The maximum Gasteiger partial charge on any atom is 0.331 e. The van der Waals surface area contributed by atoms with E-state index in [1.807, 2.05) is 69.3 Å². The van der Waals surface area contributed by atoms with E-state index >= 15 is 0 Å². The van der Waals surface area contributed by atoms with Gasteiger partial charge in [-0.2, -0.15) is 0 Å². The van der Waals surface area contributed by atoms with Gasteiger partial charge >= 0.3 is 5.97 Å². The normalized spacial score (nSPS) is 11.1. The van der Waals surface area contributed by atoms with E-state index in [2.05, 4.69) is 6.58 Å². The molecule has 0 bridgehead atoms. The van der Waals surface area contributed by atoms with E-state index in [-0.39, 0.29) is 17.6 Å². The summed E-state index contributed by atoms with van der Waals surface area (Å²) in [4.78, 5) is 11.1. The predicted molar refractivity (Wildman–Crippen MR) is 92.7 cm³/mol. The fourth-order valence-electron chi connectivity index (χ4n) is 2.34. The fourth-order valence-corrected chi connectivity index (χ4v) is 2.34. The molecule has 0 aliphatic heterocycles. The van der Waals surface area contributed by atoms with E-state index in [9.17, 15) is 4.79 Å². The first kappa shape index (κ1) is 16.8. The molecule has 0 unspecified atom stereocenters. The van der Waals surface area contributed by atoms with Crippen molar-refractivity contribution in [1.82, 2.24) is 0 Å². The molecule has 2 aromatic rings. The number of carboxylic acid groups (broad SMARTS) is 1. The maximum absolute atomic E-state index is 11.1. The van der Waals surface area contributed by atoms with Crippen LogP contribution < -0.4 is 4.74 Å². The number of carboxylic acids is 1. The number of hydrogen-bond donors (Lipinski definition) is 1. The highest BCUT2D eigenvalue weighted by molar-refractivity contribution is 5.87. The molecule has 0 saturated heterocycles. The van der Waals surface area contributed by atoms with Crippen LogP contribution in [0.25, 0.3) is 11.1 Å². The molecular formula is C20H22O3. The van der Waals surface area contributed by atoms with Crippen molar-refractivity contribution in [2.75, 3.05) is 0 Å². The summed E-state index contributed by atoms with van der Waals surface area (Å²) in [5.74, 6) is -0.253. The molecule has 0 spiro atoms. The topological polar surface area (TPSA) is 46.5 Å². The van der Waals surface area contributed by atoms with Gasteiger partial charge in [-0.1, -0.05) is 43.0 Å². The number of hydrogen-bond acceptors (Lipinski definition) is 2. The van der Waals surface area contributed by atoms with Crippen LogP contribution in [0.3, 0.4) is 0 Å². The third-order valence-corrected chi connectivity index (χ3v) is 3.29. The second-order valence-corrected chi connectivity index (χ2v) is 6.48. The lowest BCUT2D eigenvalue weighted by Gasteiger charge is -2.22. The van der Waals surface area contributed by atoms with Crippen molar-refractivity contribution < 1.29 is 14.6 Å². The van der Waals surface area contributed by atoms with Crippen molar-refractivity contribution in [3.8, 4) is 16.9 Å². The summed E-state index contributed by atoms with van der Waals surface area (Å²) < 4.78 is 5.90. The van der Waals surface area contributed by atoms with E-state index in [1.54, 1.807) is 0 Å². The quantitative estimate of drug-likeness (QED) is 0.813. The van der Waals surface area contributed by atoms with Crippen LogP contribution in [-0.2, 0) is 11.2 Å². The molecule has 23 heavy (non-hydrogen) atoms. The highest BCUT2D eigenvalue weighted by atomic mass is 16.5. The van der Waals surface area contributed by atoms with Crippen LogP contribution in [0.1, 0.15) is 26.3 Å². The minimum absolute atomic E-state index is 0.162. The van der Waals surface area contributed by atoms with Crippen LogP contribution in [-0.4, -0.2) is 16.7 Å². The Bertz CT molecular complexity index is 709. The van der Waals surface area contributed by atoms with Gasteiger partial charge in [-0.15, -0.1) is 0 Å². The molecule has 3 nitrogen and oxygen atoms in total. The van der Waals surface area contributed by atoms with Crippen molar-refractivity contribution >= 4 is 5.97 Å². The number of ether oxygens (including phenoxy) is 1. The molecule has 0 radical (unpaired) electrons. The first-order valence-corrected chi connectivity index (χ1v) is 7.55. The maximum atomic E-state index is 11.1. The van der Waals surface area contributed by atoms with Crippen LogP contribution in [0.2, 0.25) is 0 Å². The van der Waals surface area contributed by atoms with Crippen molar-refractivity contribution in [3.63, 3.8) is 0 Å². The van der Waals surface area contributed by atoms with Crippen molar-refractivity contribution in [1.29, 1.82) is 0 Å². The Morgan fingerprint density at radius 3 is 2.35 bits per heavy atom. The molecule has 2 aromatic carbocycles. The molecule has 0 fully saturated rings. The largest absolute Gasteiger partial charge is 0.488 e. The molecule has 120 valence electrons. The summed E-state index contributed by atoms with van der Waals surface area (Å²) in [6.45, 7) is 9.59. The Morgan fingerprint density at radius 1 is 1.13 bits per heavy atom. The second kappa shape index (κ2) is 6.69. The van der Waals surface area contributed by atoms with E-state index < -0.39 is 5.97 Å². The minimum Gasteiger partial charge on any atom is -0.488 e. The Morgan fingerprint density at radius 2 is 1.78 bits per heavy atom. The van der Waals surface area contributed by atoms with Gasteiger partial charge < -0.3 is 9.84 Å². The molecule has 1 N–H and O–H groups in total. The first-order chi connectivity index (χ1) is 10.8. The molecule has 0 atom stereocenters. The van der Waals surface area contributed by atoms with Gasteiger partial charge in [0.05, 0.1) is 0 Å². The number of carbonyl (C=O) groups is 1. The smallest absolute Gasteiger partial charge is 0.331 e. The standard InChI is InChI=1S/C20H22O3/c1-14(19(21)22)12-16-13-17(23-20(2,3)4)10-11-18(16)15-8-6-5-7-9-15/h5-11,13H,1,12H2,2-4H3,(H,21,22). The zero-order valence-corrected chi connectivity index (χ0v) is 13.8. The van der Waals surface area contributed by atoms with E-state index in [1.165, 1.54) is 0 Å². The first-order valence-electron chi connectivity index (χ1n) is 7.55. The molecule has 0 amide bonds. The van der Waals surface area contributed by atoms with Gasteiger partial charge in [-0.05, 0) is 49.6 Å². The van der Waals surface area contributed by atoms with Gasteiger partial charge in [0, 0.05) is 12.0 Å². The lowest BCUT2D eigenvalue weighted by molar-refractivity contribution is -0.132. The van der Waals surface area contributed by atoms with Gasteiger partial charge in [0.2, 0.25) is 0 Å². The molecular weight excluding hydrogens is 288 g/mol. The molecule has 0 aliphatic carbocycles. The molecule has 3 heteroatoms. The van der Waals surface area contributed by atoms with Crippen LogP contribution in [0.4, 0.5) is 0 Å². The van der Waals surface area contributed by atoms with Gasteiger partial charge in [0.25, 0.3) is 0 Å². The van der Waals surface area contributed by atoms with Crippen LogP contribution >= 0.6 is 0 Å². The van der Waals surface area contributed by atoms with Gasteiger partial charge in [-0.25, -0.2) is 4.79 Å². The monoisotopic (exact) mass is 310 g/mol. The molecule has 0 aliphatic rings. The Balaban J connectivity index is 2.45. The van der Waals surface area contributed by atoms with E-state index in [4.69, 9.17) is 9.84 Å². The number of aliphatic carboxylic acids is 1. The van der Waals surface area contributed by atoms with Crippen LogP contribution in [0.15, 0.2) is 60.7 Å². The Hall–Kier alpha value is -2.55. The zero-order valence-electron chi connectivity index (χ0n) is 13.8. The third kappa shape index (κ3) is 4.71.